The number of anilines is 1. The summed E-state index contributed by atoms with van der Waals surface area (Å²) in [4.78, 5) is 31.0. The molecule has 11 heteroatoms. The van der Waals surface area contributed by atoms with E-state index in [0.717, 1.165) is 24.8 Å². The van der Waals surface area contributed by atoms with E-state index in [1.807, 2.05) is 81.6 Å². The molecule has 4 aromatic carbocycles. The molecule has 4 rings (SSSR count). The van der Waals surface area contributed by atoms with Gasteiger partial charge in [-0.2, -0.15) is 0 Å². The summed E-state index contributed by atoms with van der Waals surface area (Å²) in [7, 11) is -4.21. The van der Waals surface area contributed by atoms with Crippen LogP contribution in [0.25, 0.3) is 0 Å². The summed E-state index contributed by atoms with van der Waals surface area (Å²) >= 11 is 4.97. The predicted octanol–water partition coefficient (Wildman–Crippen LogP) is 7.18. The quantitative estimate of drug-likeness (QED) is 0.122. The Balaban J connectivity index is 1.79. The lowest BCUT2D eigenvalue weighted by Crippen LogP contribution is -2.53. The topological polar surface area (TPSA) is 96.0 Å². The fourth-order valence-corrected chi connectivity index (χ4v) is 7.13. The first-order chi connectivity index (χ1) is 23.0. The van der Waals surface area contributed by atoms with Crippen LogP contribution in [0.15, 0.2) is 117 Å². The van der Waals surface area contributed by atoms with Gasteiger partial charge in [0.2, 0.25) is 11.8 Å². The van der Waals surface area contributed by atoms with Gasteiger partial charge in [-0.05, 0) is 90.9 Å². The molecule has 0 aromatic heterocycles. The van der Waals surface area contributed by atoms with Crippen LogP contribution >= 0.6 is 27.7 Å². The minimum Gasteiger partial charge on any atom is -0.494 e. The molecule has 4 aromatic rings. The van der Waals surface area contributed by atoms with Gasteiger partial charge in [0.1, 0.15) is 18.3 Å². The first kappa shape index (κ1) is 37.0. The van der Waals surface area contributed by atoms with Gasteiger partial charge in [-0.15, -0.1) is 11.8 Å². The zero-order valence-electron chi connectivity index (χ0n) is 27.6. The Morgan fingerprint density at radius 1 is 0.875 bits per heavy atom. The lowest BCUT2D eigenvalue weighted by atomic mass is 10.0. The van der Waals surface area contributed by atoms with Gasteiger partial charge in [0.15, 0.2) is 0 Å². The van der Waals surface area contributed by atoms with Crippen molar-refractivity contribution in [1.82, 2.24) is 10.2 Å². The molecule has 1 N–H and O–H groups in total. The van der Waals surface area contributed by atoms with Crippen molar-refractivity contribution < 1.29 is 22.7 Å². The third-order valence-electron chi connectivity index (χ3n) is 7.58. The molecular weight excluding hydrogens is 710 g/mol. The summed E-state index contributed by atoms with van der Waals surface area (Å²) in [6.07, 6.45) is 2.16. The van der Waals surface area contributed by atoms with Crippen molar-refractivity contribution in [3.05, 3.63) is 119 Å². The van der Waals surface area contributed by atoms with Gasteiger partial charge in [0.25, 0.3) is 10.0 Å². The number of benzene rings is 4. The van der Waals surface area contributed by atoms with E-state index in [-0.39, 0.29) is 29.7 Å². The van der Waals surface area contributed by atoms with E-state index in [2.05, 4.69) is 21.2 Å². The number of amides is 2. The fourth-order valence-electron chi connectivity index (χ4n) is 5.04. The van der Waals surface area contributed by atoms with E-state index in [1.165, 1.54) is 16.7 Å². The van der Waals surface area contributed by atoms with Gasteiger partial charge in [-0.3, -0.25) is 13.9 Å². The molecule has 0 bridgehead atoms. The van der Waals surface area contributed by atoms with E-state index in [4.69, 9.17) is 4.74 Å². The van der Waals surface area contributed by atoms with Crippen molar-refractivity contribution >= 4 is 55.2 Å². The Morgan fingerprint density at radius 3 is 2.10 bits per heavy atom. The van der Waals surface area contributed by atoms with E-state index in [1.54, 1.807) is 48.5 Å². The minimum absolute atomic E-state index is 0.0527. The molecule has 0 aliphatic rings. The number of sulfonamides is 1. The number of carbonyl (C=O) groups is 2. The lowest BCUT2D eigenvalue weighted by Gasteiger charge is -2.34. The highest BCUT2D eigenvalue weighted by Gasteiger charge is 2.34. The molecule has 0 heterocycles. The Labute approximate surface area is 297 Å². The van der Waals surface area contributed by atoms with Crippen molar-refractivity contribution in [3.8, 4) is 5.75 Å². The third kappa shape index (κ3) is 10.1. The standard InChI is InChI=1S/C37H42BrN3O5S2/c1-5-46-32-17-15-31(16-18-32)41(48(44,45)34-21-19-33(47-4)20-22-34)26-36(42)40(25-29-11-13-30(38)14-12-29)35(37(43)39-24-27(2)3)23-28-9-7-6-8-10-28/h6-22,27,35H,5,23-26H2,1-4H3,(H,39,43). The van der Waals surface area contributed by atoms with Gasteiger partial charge >= 0.3 is 0 Å². The summed E-state index contributed by atoms with van der Waals surface area (Å²) in [5.74, 6) is -0.0477. The zero-order chi connectivity index (χ0) is 34.7. The van der Waals surface area contributed by atoms with Crippen LogP contribution in [0.4, 0.5) is 5.69 Å². The molecule has 1 atom stereocenters. The van der Waals surface area contributed by atoms with E-state index < -0.39 is 28.5 Å². The first-order valence-corrected chi connectivity index (χ1v) is 19.2. The molecular formula is C37H42BrN3O5S2. The van der Waals surface area contributed by atoms with E-state index in [9.17, 15) is 18.0 Å². The summed E-state index contributed by atoms with van der Waals surface area (Å²) in [5.41, 5.74) is 1.97. The average Bonchev–Trinajstić information content (AvgIpc) is 3.09. The van der Waals surface area contributed by atoms with Crippen LogP contribution in [-0.4, -0.2) is 57.1 Å². The highest BCUT2D eigenvalue weighted by Crippen LogP contribution is 2.28. The van der Waals surface area contributed by atoms with Crippen molar-refractivity contribution in [2.45, 2.75) is 49.6 Å². The number of rotatable bonds is 16. The van der Waals surface area contributed by atoms with Crippen LogP contribution in [0.3, 0.4) is 0 Å². The monoisotopic (exact) mass is 751 g/mol. The fraction of sp³-hybridized carbons (Fsp3) is 0.297. The Kier molecular flexibility index (Phi) is 13.5. The van der Waals surface area contributed by atoms with Gasteiger partial charge in [0, 0.05) is 28.9 Å². The van der Waals surface area contributed by atoms with Crippen molar-refractivity contribution in [1.29, 1.82) is 0 Å². The molecule has 8 nitrogen and oxygen atoms in total. The number of nitrogens with zero attached hydrogens (tertiary/aromatic N) is 2. The third-order valence-corrected chi connectivity index (χ3v) is 10.6. The lowest BCUT2D eigenvalue weighted by molar-refractivity contribution is -0.140. The number of ether oxygens (including phenoxy) is 1. The van der Waals surface area contributed by atoms with Gasteiger partial charge < -0.3 is 15.0 Å². The highest BCUT2D eigenvalue weighted by atomic mass is 79.9. The van der Waals surface area contributed by atoms with Crippen LogP contribution in [0.1, 0.15) is 31.9 Å². The second-order valence-electron chi connectivity index (χ2n) is 11.6. The van der Waals surface area contributed by atoms with Crippen molar-refractivity contribution in [2.75, 3.05) is 30.3 Å². The number of nitrogens with one attached hydrogen (secondary N) is 1. The number of carbonyl (C=O) groups excluding carboxylic acids is 2. The van der Waals surface area contributed by atoms with Crippen LogP contribution < -0.4 is 14.4 Å². The number of thioether (sulfide) groups is 1. The molecule has 0 aliphatic carbocycles. The number of hydrogen-bond acceptors (Lipinski definition) is 6. The maximum absolute atomic E-state index is 14.6. The Morgan fingerprint density at radius 2 is 1.52 bits per heavy atom. The van der Waals surface area contributed by atoms with Gasteiger partial charge in [-0.25, -0.2) is 8.42 Å². The first-order valence-electron chi connectivity index (χ1n) is 15.8. The molecule has 0 spiro atoms. The second-order valence-corrected chi connectivity index (χ2v) is 15.3. The zero-order valence-corrected chi connectivity index (χ0v) is 30.9. The molecule has 0 saturated heterocycles. The van der Waals surface area contributed by atoms with Crippen LogP contribution in [0.5, 0.6) is 5.75 Å². The van der Waals surface area contributed by atoms with Crippen LogP contribution in [-0.2, 0) is 32.6 Å². The van der Waals surface area contributed by atoms with Gasteiger partial charge in [-0.1, -0.05) is 72.2 Å². The second kappa shape index (κ2) is 17.6. The molecule has 0 aliphatic heterocycles. The molecule has 0 fully saturated rings. The van der Waals surface area contributed by atoms with Crippen molar-refractivity contribution in [3.63, 3.8) is 0 Å². The SMILES string of the molecule is CCOc1ccc(N(CC(=O)N(Cc2ccc(Br)cc2)C(Cc2ccccc2)C(=O)NCC(C)C)S(=O)(=O)c2ccc(SC)cc2)cc1. The van der Waals surface area contributed by atoms with Crippen molar-refractivity contribution in [2.24, 2.45) is 5.92 Å². The Bertz CT molecular complexity index is 1730. The normalized spacial score (nSPS) is 12.0. The molecule has 0 saturated carbocycles. The molecule has 2 amide bonds. The summed E-state index contributed by atoms with van der Waals surface area (Å²) in [6.45, 7) is 6.32. The average molecular weight is 753 g/mol. The summed E-state index contributed by atoms with van der Waals surface area (Å²) < 4.78 is 36.2. The largest absolute Gasteiger partial charge is 0.494 e. The predicted molar refractivity (Wildman–Crippen MR) is 197 cm³/mol. The van der Waals surface area contributed by atoms with E-state index >= 15 is 0 Å². The van der Waals surface area contributed by atoms with Crippen LogP contribution in [0.2, 0.25) is 0 Å². The molecule has 254 valence electrons. The molecule has 1 unspecified atom stereocenters. The Hall–Kier alpha value is -3.80. The smallest absolute Gasteiger partial charge is 0.264 e. The highest BCUT2D eigenvalue weighted by molar-refractivity contribution is 9.10. The maximum atomic E-state index is 14.6. The molecule has 0 radical (unpaired) electrons. The minimum atomic E-state index is -4.21. The number of halogens is 1. The summed E-state index contributed by atoms with van der Waals surface area (Å²) in [5, 5.41) is 3.01. The summed E-state index contributed by atoms with van der Waals surface area (Å²) in [6, 6.07) is 29.3. The molecule has 48 heavy (non-hydrogen) atoms. The van der Waals surface area contributed by atoms with E-state index in [0.29, 0.717) is 24.6 Å². The van der Waals surface area contributed by atoms with Gasteiger partial charge in [0.05, 0.1) is 17.2 Å². The number of hydrogen-bond donors (Lipinski definition) is 1. The maximum Gasteiger partial charge on any atom is 0.264 e. The van der Waals surface area contributed by atoms with Crippen LogP contribution in [0, 0.1) is 5.92 Å².